The van der Waals surface area contributed by atoms with Gasteiger partial charge in [-0.15, -0.1) is 0 Å². The summed E-state index contributed by atoms with van der Waals surface area (Å²) < 4.78 is 0. The van der Waals surface area contributed by atoms with Crippen molar-refractivity contribution in [1.82, 2.24) is 29.8 Å². The summed E-state index contributed by atoms with van der Waals surface area (Å²) in [5.74, 6) is 2.27. The van der Waals surface area contributed by atoms with Crippen LogP contribution in [0.2, 0.25) is 0 Å². The Balaban J connectivity index is 1.22. The molecule has 0 bridgehead atoms. The number of aliphatic hydroxyl groups is 1. The van der Waals surface area contributed by atoms with Gasteiger partial charge in [-0.25, -0.2) is 19.9 Å². The molecule has 0 atom stereocenters. The minimum atomic E-state index is 0.0444. The molecule has 1 aromatic carbocycles. The summed E-state index contributed by atoms with van der Waals surface area (Å²) in [7, 11) is 0. The Hall–Kier alpha value is -3.95. The van der Waals surface area contributed by atoms with Crippen LogP contribution in [0.5, 0.6) is 0 Å². The predicted octanol–water partition coefficient (Wildman–Crippen LogP) is 3.94. The minimum Gasteiger partial charge on any atom is -0.396 e. The van der Waals surface area contributed by atoms with Gasteiger partial charge in [0, 0.05) is 48.8 Å². The highest BCUT2D eigenvalue weighted by molar-refractivity contribution is 5.59. The van der Waals surface area contributed by atoms with Crippen molar-refractivity contribution in [3.8, 4) is 11.5 Å². The SMILES string of the molecule is Cc1cccc(-c2nccc(Nc3ccnc(Nc4ccc(CN5CC(C)(CO)C5)cc4)n3)n2)n1. The van der Waals surface area contributed by atoms with E-state index >= 15 is 0 Å². The van der Waals surface area contributed by atoms with Crippen LogP contribution in [0.3, 0.4) is 0 Å². The lowest BCUT2D eigenvalue weighted by molar-refractivity contribution is -0.0318. The molecular formula is C26H28N8O. The maximum absolute atomic E-state index is 9.42. The molecule has 0 saturated carbocycles. The van der Waals surface area contributed by atoms with Gasteiger partial charge >= 0.3 is 0 Å². The van der Waals surface area contributed by atoms with Crippen molar-refractivity contribution in [2.75, 3.05) is 30.3 Å². The third-order valence-electron chi connectivity index (χ3n) is 5.89. The maximum Gasteiger partial charge on any atom is 0.229 e. The molecule has 1 aliphatic heterocycles. The molecule has 3 N–H and O–H groups in total. The first-order chi connectivity index (χ1) is 17.0. The van der Waals surface area contributed by atoms with Gasteiger partial charge in [0.05, 0.1) is 6.61 Å². The number of hydrogen-bond acceptors (Lipinski definition) is 9. The summed E-state index contributed by atoms with van der Waals surface area (Å²) in [5, 5.41) is 15.9. The van der Waals surface area contributed by atoms with Gasteiger partial charge < -0.3 is 15.7 Å². The van der Waals surface area contributed by atoms with E-state index in [0.29, 0.717) is 23.4 Å². The monoisotopic (exact) mass is 468 g/mol. The van der Waals surface area contributed by atoms with Crippen molar-refractivity contribution in [2.24, 2.45) is 5.41 Å². The van der Waals surface area contributed by atoms with Crippen LogP contribution in [0.25, 0.3) is 11.5 Å². The van der Waals surface area contributed by atoms with Crippen LogP contribution in [-0.4, -0.2) is 54.6 Å². The van der Waals surface area contributed by atoms with Crippen LogP contribution in [-0.2, 0) is 6.54 Å². The fourth-order valence-corrected chi connectivity index (χ4v) is 4.17. The lowest BCUT2D eigenvalue weighted by Gasteiger charge is -2.47. The van der Waals surface area contributed by atoms with E-state index in [1.807, 2.05) is 37.3 Å². The van der Waals surface area contributed by atoms with Gasteiger partial charge in [-0.3, -0.25) is 4.90 Å². The van der Waals surface area contributed by atoms with E-state index in [-0.39, 0.29) is 12.0 Å². The van der Waals surface area contributed by atoms with Crippen LogP contribution in [0, 0.1) is 12.3 Å². The normalized spacial score (nSPS) is 14.8. The molecule has 0 aliphatic carbocycles. The Kier molecular flexibility index (Phi) is 6.35. The molecule has 3 aromatic heterocycles. The second kappa shape index (κ2) is 9.73. The topological polar surface area (TPSA) is 112 Å². The first kappa shape index (κ1) is 22.8. The van der Waals surface area contributed by atoms with Crippen molar-refractivity contribution < 1.29 is 5.11 Å². The van der Waals surface area contributed by atoms with Crippen LogP contribution in [0.15, 0.2) is 67.0 Å². The van der Waals surface area contributed by atoms with Gasteiger partial charge in [0.1, 0.15) is 17.3 Å². The molecule has 0 radical (unpaired) electrons. The summed E-state index contributed by atoms with van der Waals surface area (Å²) in [5.41, 5.74) is 3.81. The number of nitrogens with one attached hydrogen (secondary N) is 2. The Labute approximate surface area is 204 Å². The lowest BCUT2D eigenvalue weighted by atomic mass is 9.83. The number of benzene rings is 1. The molecule has 0 amide bonds. The lowest BCUT2D eigenvalue weighted by Crippen LogP contribution is -2.55. The second-order valence-corrected chi connectivity index (χ2v) is 9.26. The molecule has 0 unspecified atom stereocenters. The van der Waals surface area contributed by atoms with E-state index in [2.05, 4.69) is 59.5 Å². The first-order valence-corrected chi connectivity index (χ1v) is 11.5. The summed E-state index contributed by atoms with van der Waals surface area (Å²) in [4.78, 5) is 24.6. The Morgan fingerprint density at radius 1 is 0.886 bits per heavy atom. The third-order valence-corrected chi connectivity index (χ3v) is 5.89. The highest BCUT2D eigenvalue weighted by Crippen LogP contribution is 2.30. The van der Waals surface area contributed by atoms with E-state index in [1.165, 1.54) is 5.56 Å². The first-order valence-electron chi connectivity index (χ1n) is 11.5. The maximum atomic E-state index is 9.42. The van der Waals surface area contributed by atoms with Crippen molar-refractivity contribution in [3.05, 3.63) is 78.2 Å². The molecule has 1 aliphatic rings. The summed E-state index contributed by atoms with van der Waals surface area (Å²) in [6, 6.07) is 17.6. The highest BCUT2D eigenvalue weighted by Gasteiger charge is 2.37. The van der Waals surface area contributed by atoms with Gasteiger partial charge in [0.15, 0.2) is 5.82 Å². The number of likely N-dealkylation sites (tertiary alicyclic amines) is 1. The standard InChI is InChI=1S/C26H28N8O/c1-18-4-3-5-21(29-18)24-27-12-10-22(32-24)31-23-11-13-28-25(33-23)30-20-8-6-19(7-9-20)14-34-15-26(2,16-34)17-35/h3-13,35H,14-17H2,1-2H3,(H2,27,28,30,31,32,33). The zero-order valence-corrected chi connectivity index (χ0v) is 19.8. The van der Waals surface area contributed by atoms with Crippen LogP contribution >= 0.6 is 0 Å². The van der Waals surface area contributed by atoms with E-state index < -0.39 is 0 Å². The number of aliphatic hydroxyl groups excluding tert-OH is 1. The molecule has 35 heavy (non-hydrogen) atoms. The number of aromatic nitrogens is 5. The number of nitrogens with zero attached hydrogens (tertiary/aromatic N) is 6. The van der Waals surface area contributed by atoms with Gasteiger partial charge in [-0.2, -0.15) is 4.98 Å². The van der Waals surface area contributed by atoms with Gasteiger partial charge in [0.25, 0.3) is 0 Å². The van der Waals surface area contributed by atoms with Crippen molar-refractivity contribution in [1.29, 1.82) is 0 Å². The zero-order chi connectivity index (χ0) is 24.3. The molecule has 178 valence electrons. The zero-order valence-electron chi connectivity index (χ0n) is 19.8. The average molecular weight is 469 g/mol. The van der Waals surface area contributed by atoms with Crippen LogP contribution in [0.1, 0.15) is 18.2 Å². The number of rotatable bonds is 8. The Morgan fingerprint density at radius 2 is 1.63 bits per heavy atom. The summed E-state index contributed by atoms with van der Waals surface area (Å²) in [6.07, 6.45) is 3.39. The van der Waals surface area contributed by atoms with E-state index in [1.54, 1.807) is 24.5 Å². The molecule has 1 saturated heterocycles. The van der Waals surface area contributed by atoms with Crippen molar-refractivity contribution in [2.45, 2.75) is 20.4 Å². The molecule has 4 aromatic rings. The number of aryl methyl sites for hydroxylation is 1. The van der Waals surface area contributed by atoms with Gasteiger partial charge in [0.2, 0.25) is 5.95 Å². The molecule has 9 nitrogen and oxygen atoms in total. The predicted molar refractivity (Wildman–Crippen MR) is 136 cm³/mol. The van der Waals surface area contributed by atoms with Gasteiger partial charge in [-0.1, -0.05) is 25.1 Å². The fraction of sp³-hybridized carbons (Fsp3) is 0.269. The molecule has 1 fully saturated rings. The number of pyridine rings is 1. The molecule has 5 rings (SSSR count). The van der Waals surface area contributed by atoms with Crippen molar-refractivity contribution in [3.63, 3.8) is 0 Å². The van der Waals surface area contributed by atoms with E-state index in [0.717, 1.165) is 36.7 Å². The smallest absolute Gasteiger partial charge is 0.229 e. The fourth-order valence-electron chi connectivity index (χ4n) is 4.17. The average Bonchev–Trinajstić information content (AvgIpc) is 2.84. The van der Waals surface area contributed by atoms with E-state index in [4.69, 9.17) is 0 Å². The van der Waals surface area contributed by atoms with Crippen molar-refractivity contribution >= 4 is 23.3 Å². The van der Waals surface area contributed by atoms with E-state index in [9.17, 15) is 5.11 Å². The largest absolute Gasteiger partial charge is 0.396 e. The molecule has 0 spiro atoms. The number of anilines is 4. The highest BCUT2D eigenvalue weighted by atomic mass is 16.3. The third kappa shape index (κ3) is 5.59. The van der Waals surface area contributed by atoms with Gasteiger partial charge in [-0.05, 0) is 48.9 Å². The summed E-state index contributed by atoms with van der Waals surface area (Å²) in [6.45, 7) is 7.02. The quantitative estimate of drug-likeness (QED) is 0.354. The van der Waals surface area contributed by atoms with Crippen LogP contribution in [0.4, 0.5) is 23.3 Å². The Morgan fingerprint density at radius 3 is 2.37 bits per heavy atom. The van der Waals surface area contributed by atoms with Crippen LogP contribution < -0.4 is 10.6 Å². The minimum absolute atomic E-state index is 0.0444. The Bertz CT molecular complexity index is 1300. The number of hydrogen-bond donors (Lipinski definition) is 3. The molecule has 4 heterocycles. The summed E-state index contributed by atoms with van der Waals surface area (Å²) >= 11 is 0. The second-order valence-electron chi connectivity index (χ2n) is 9.26. The molecular weight excluding hydrogens is 440 g/mol. The molecule has 9 heteroatoms.